The molecule has 1 fully saturated rings. The van der Waals surface area contributed by atoms with Gasteiger partial charge >= 0.3 is 5.97 Å². The fourth-order valence-corrected chi connectivity index (χ4v) is 1.13. The summed E-state index contributed by atoms with van der Waals surface area (Å²) in [5.74, 6) is -0.990. The Labute approximate surface area is 64.2 Å². The van der Waals surface area contributed by atoms with Gasteiger partial charge in [-0.25, -0.2) is 4.79 Å². The van der Waals surface area contributed by atoms with Gasteiger partial charge < -0.3 is 9.84 Å². The summed E-state index contributed by atoms with van der Waals surface area (Å²) in [6.07, 6.45) is 1.57. The van der Waals surface area contributed by atoms with Crippen molar-refractivity contribution in [3.8, 4) is 0 Å². The number of carboxylic acid groups (broad SMARTS) is 1. The summed E-state index contributed by atoms with van der Waals surface area (Å²) < 4.78 is 4.83. The van der Waals surface area contributed by atoms with Crippen LogP contribution >= 0.6 is 0 Å². The Morgan fingerprint density at radius 3 is 2.91 bits per heavy atom. The minimum absolute atomic E-state index is 0.0336. The van der Waals surface area contributed by atoms with Crippen molar-refractivity contribution in [3.05, 3.63) is 0 Å². The minimum Gasteiger partial charge on any atom is -0.480 e. The SMILES string of the molecule is O=C(O)COC1CCCC1=O. The molecule has 0 amide bonds. The summed E-state index contributed by atoms with van der Waals surface area (Å²) in [6, 6.07) is 0. The lowest BCUT2D eigenvalue weighted by molar-refractivity contribution is -0.146. The number of hydrogen-bond acceptors (Lipinski definition) is 3. The average molecular weight is 158 g/mol. The van der Waals surface area contributed by atoms with Crippen molar-refractivity contribution >= 4 is 11.8 Å². The lowest BCUT2D eigenvalue weighted by Crippen LogP contribution is -2.21. The minimum atomic E-state index is -1.02. The molecule has 0 aromatic heterocycles. The van der Waals surface area contributed by atoms with E-state index in [1.165, 1.54) is 0 Å². The van der Waals surface area contributed by atoms with E-state index < -0.39 is 12.1 Å². The van der Waals surface area contributed by atoms with E-state index in [0.717, 1.165) is 6.42 Å². The number of ketones is 1. The Kier molecular flexibility index (Phi) is 2.59. The highest BCUT2D eigenvalue weighted by Crippen LogP contribution is 2.17. The molecule has 1 N–H and O–H groups in total. The molecule has 1 rings (SSSR count). The van der Waals surface area contributed by atoms with Gasteiger partial charge in [0.15, 0.2) is 5.78 Å². The van der Waals surface area contributed by atoms with Crippen LogP contribution in [0.4, 0.5) is 0 Å². The first-order valence-corrected chi connectivity index (χ1v) is 3.56. The van der Waals surface area contributed by atoms with Crippen LogP contribution in [0.1, 0.15) is 19.3 Å². The first-order chi connectivity index (χ1) is 5.20. The maximum Gasteiger partial charge on any atom is 0.329 e. The van der Waals surface area contributed by atoms with Crippen LogP contribution in [0, 0.1) is 0 Å². The van der Waals surface area contributed by atoms with E-state index in [0.29, 0.717) is 12.8 Å². The van der Waals surface area contributed by atoms with Crippen LogP contribution in [-0.4, -0.2) is 29.6 Å². The number of carbonyl (C=O) groups is 2. The Bertz CT molecular complexity index is 175. The molecule has 1 aliphatic carbocycles. The Morgan fingerprint density at radius 1 is 1.73 bits per heavy atom. The Hall–Kier alpha value is -0.900. The molecule has 0 aromatic rings. The fraction of sp³-hybridized carbons (Fsp3) is 0.714. The van der Waals surface area contributed by atoms with Gasteiger partial charge in [0, 0.05) is 6.42 Å². The lowest BCUT2D eigenvalue weighted by atomic mass is 10.3. The van der Waals surface area contributed by atoms with E-state index >= 15 is 0 Å². The molecular weight excluding hydrogens is 148 g/mol. The molecule has 4 heteroatoms. The molecule has 0 spiro atoms. The zero-order valence-corrected chi connectivity index (χ0v) is 6.08. The monoisotopic (exact) mass is 158 g/mol. The molecule has 0 radical (unpaired) electrons. The van der Waals surface area contributed by atoms with Gasteiger partial charge in [0.1, 0.15) is 12.7 Å². The molecule has 0 heterocycles. The number of Topliss-reactive ketones (excluding diaryl/α,β-unsaturated/α-hetero) is 1. The number of carbonyl (C=O) groups excluding carboxylic acids is 1. The Morgan fingerprint density at radius 2 is 2.45 bits per heavy atom. The predicted octanol–water partition coefficient (Wildman–Crippen LogP) is 0.209. The summed E-state index contributed by atoms with van der Waals surface area (Å²) >= 11 is 0. The van der Waals surface area contributed by atoms with E-state index in [1.807, 2.05) is 0 Å². The number of ether oxygens (including phenoxy) is 1. The zero-order valence-electron chi connectivity index (χ0n) is 6.08. The van der Waals surface area contributed by atoms with Gasteiger partial charge in [-0.1, -0.05) is 0 Å². The van der Waals surface area contributed by atoms with Crippen LogP contribution in [0.25, 0.3) is 0 Å². The normalized spacial score (nSPS) is 24.0. The number of rotatable bonds is 3. The summed E-state index contributed by atoms with van der Waals surface area (Å²) in [5, 5.41) is 8.22. The second-order valence-corrected chi connectivity index (χ2v) is 2.55. The van der Waals surface area contributed by atoms with Crippen LogP contribution in [0.5, 0.6) is 0 Å². The van der Waals surface area contributed by atoms with Gasteiger partial charge in [-0.05, 0) is 12.8 Å². The van der Waals surface area contributed by atoms with Crippen LogP contribution < -0.4 is 0 Å². The van der Waals surface area contributed by atoms with E-state index in [1.54, 1.807) is 0 Å². The molecule has 11 heavy (non-hydrogen) atoms. The highest BCUT2D eigenvalue weighted by atomic mass is 16.5. The van der Waals surface area contributed by atoms with Gasteiger partial charge in [-0.3, -0.25) is 4.79 Å². The lowest BCUT2D eigenvalue weighted by Gasteiger charge is -2.05. The smallest absolute Gasteiger partial charge is 0.329 e. The third kappa shape index (κ3) is 2.31. The summed E-state index contributed by atoms with van der Waals surface area (Å²) in [4.78, 5) is 20.9. The molecule has 0 bridgehead atoms. The Balaban J connectivity index is 2.26. The first kappa shape index (κ1) is 8.20. The zero-order chi connectivity index (χ0) is 8.27. The van der Waals surface area contributed by atoms with Crippen LogP contribution in [-0.2, 0) is 14.3 Å². The van der Waals surface area contributed by atoms with Crippen molar-refractivity contribution in [2.75, 3.05) is 6.61 Å². The standard InChI is InChI=1S/C7H10O4/c8-5-2-1-3-6(5)11-4-7(9)10/h6H,1-4H2,(H,9,10). The summed E-state index contributed by atoms with van der Waals surface area (Å²) in [6.45, 7) is -0.365. The van der Waals surface area contributed by atoms with Crippen LogP contribution in [0.3, 0.4) is 0 Å². The third-order valence-electron chi connectivity index (χ3n) is 1.66. The second kappa shape index (κ2) is 3.48. The van der Waals surface area contributed by atoms with Gasteiger partial charge in [0.05, 0.1) is 0 Å². The molecule has 4 nitrogen and oxygen atoms in total. The topological polar surface area (TPSA) is 63.6 Å². The van der Waals surface area contributed by atoms with Crippen molar-refractivity contribution < 1.29 is 19.4 Å². The van der Waals surface area contributed by atoms with Crippen molar-refractivity contribution in [1.82, 2.24) is 0 Å². The molecule has 1 unspecified atom stereocenters. The summed E-state index contributed by atoms with van der Waals surface area (Å²) in [5.41, 5.74) is 0. The molecule has 1 saturated carbocycles. The maximum absolute atomic E-state index is 10.9. The van der Waals surface area contributed by atoms with E-state index in [4.69, 9.17) is 9.84 Å². The van der Waals surface area contributed by atoms with Crippen molar-refractivity contribution in [2.45, 2.75) is 25.4 Å². The van der Waals surface area contributed by atoms with Crippen LogP contribution in [0.2, 0.25) is 0 Å². The van der Waals surface area contributed by atoms with Gasteiger partial charge in [-0.15, -0.1) is 0 Å². The second-order valence-electron chi connectivity index (χ2n) is 2.55. The maximum atomic E-state index is 10.9. The van der Waals surface area contributed by atoms with Gasteiger partial charge in [-0.2, -0.15) is 0 Å². The predicted molar refractivity (Wildman–Crippen MR) is 36.2 cm³/mol. The van der Waals surface area contributed by atoms with Crippen molar-refractivity contribution in [2.24, 2.45) is 0 Å². The highest BCUT2D eigenvalue weighted by molar-refractivity contribution is 5.85. The van der Waals surface area contributed by atoms with Crippen molar-refractivity contribution in [3.63, 3.8) is 0 Å². The molecule has 0 aromatic carbocycles. The molecule has 62 valence electrons. The largest absolute Gasteiger partial charge is 0.480 e. The number of hydrogen-bond donors (Lipinski definition) is 1. The van der Waals surface area contributed by atoms with E-state index in [9.17, 15) is 9.59 Å². The first-order valence-electron chi connectivity index (χ1n) is 3.56. The van der Waals surface area contributed by atoms with Crippen molar-refractivity contribution in [1.29, 1.82) is 0 Å². The molecule has 1 atom stereocenters. The quantitative estimate of drug-likeness (QED) is 0.637. The summed E-state index contributed by atoms with van der Waals surface area (Å²) in [7, 11) is 0. The fourth-order valence-electron chi connectivity index (χ4n) is 1.13. The van der Waals surface area contributed by atoms with E-state index in [2.05, 4.69) is 0 Å². The molecule has 0 aliphatic heterocycles. The van der Waals surface area contributed by atoms with Gasteiger partial charge in [0.25, 0.3) is 0 Å². The molecule has 0 saturated heterocycles. The number of aliphatic carboxylic acids is 1. The van der Waals surface area contributed by atoms with E-state index in [-0.39, 0.29) is 12.4 Å². The highest BCUT2D eigenvalue weighted by Gasteiger charge is 2.25. The average Bonchev–Trinajstić information content (AvgIpc) is 2.31. The number of carboxylic acids is 1. The molecular formula is C7H10O4. The molecule has 1 aliphatic rings. The third-order valence-corrected chi connectivity index (χ3v) is 1.66. The van der Waals surface area contributed by atoms with Gasteiger partial charge in [0.2, 0.25) is 0 Å². The van der Waals surface area contributed by atoms with Crippen LogP contribution in [0.15, 0.2) is 0 Å².